The molecule has 6 nitrogen and oxygen atoms in total. The second kappa shape index (κ2) is 6.23. The summed E-state index contributed by atoms with van der Waals surface area (Å²) in [6.45, 7) is 2.33. The number of hydrogen-bond acceptors (Lipinski definition) is 5. The molecule has 2 atom stereocenters. The van der Waals surface area contributed by atoms with Crippen LogP contribution in [0.5, 0.6) is 0 Å². The Bertz CT molecular complexity index is 287. The smallest absolute Gasteiger partial charge is 0.239 e. The lowest BCUT2D eigenvalue weighted by atomic mass is 10.1. The summed E-state index contributed by atoms with van der Waals surface area (Å²) in [5, 5.41) is 18.0. The molecule has 1 aliphatic heterocycles. The number of carbonyl (C=O) groups excluding carboxylic acids is 2. The molecular formula is C10H19N3O3S. The van der Waals surface area contributed by atoms with Crippen molar-refractivity contribution in [3.05, 3.63) is 0 Å². The second-order valence-corrected chi connectivity index (χ2v) is 5.25. The maximum Gasteiger partial charge on any atom is 0.239 e. The zero-order valence-electron chi connectivity index (χ0n) is 10.1. The minimum absolute atomic E-state index is 0.108. The van der Waals surface area contributed by atoms with Gasteiger partial charge in [0.1, 0.15) is 6.04 Å². The summed E-state index contributed by atoms with van der Waals surface area (Å²) in [5.41, 5.74) is -0.910. The molecule has 98 valence electrons. The van der Waals surface area contributed by atoms with E-state index in [4.69, 9.17) is 0 Å². The van der Waals surface area contributed by atoms with E-state index < -0.39 is 11.6 Å². The van der Waals surface area contributed by atoms with E-state index in [1.807, 2.05) is 6.26 Å². The Morgan fingerprint density at radius 2 is 2.41 bits per heavy atom. The van der Waals surface area contributed by atoms with Gasteiger partial charge in [0.25, 0.3) is 0 Å². The van der Waals surface area contributed by atoms with Gasteiger partial charge in [-0.15, -0.1) is 0 Å². The Morgan fingerprint density at radius 1 is 1.71 bits per heavy atom. The van der Waals surface area contributed by atoms with E-state index in [1.54, 1.807) is 6.92 Å². The van der Waals surface area contributed by atoms with E-state index in [1.165, 1.54) is 11.8 Å². The molecule has 1 heterocycles. The number of hydrogen-bond donors (Lipinski definition) is 4. The van der Waals surface area contributed by atoms with Crippen molar-refractivity contribution in [3.8, 4) is 0 Å². The Balaban J connectivity index is 2.32. The van der Waals surface area contributed by atoms with E-state index in [2.05, 4.69) is 16.0 Å². The molecule has 0 bridgehead atoms. The fraction of sp³-hybridized carbons (Fsp3) is 0.800. The van der Waals surface area contributed by atoms with Crippen molar-refractivity contribution in [3.63, 3.8) is 0 Å². The molecule has 0 spiro atoms. The molecule has 0 aromatic carbocycles. The summed E-state index contributed by atoms with van der Waals surface area (Å²) in [5.74, 6) is 0.247. The Kier molecular flexibility index (Phi) is 5.23. The first kappa shape index (κ1) is 14.3. The number of carbonyl (C=O) groups is 2. The van der Waals surface area contributed by atoms with Crippen LogP contribution < -0.4 is 16.0 Å². The quantitative estimate of drug-likeness (QED) is 0.474. The summed E-state index contributed by atoms with van der Waals surface area (Å²) >= 11 is 1.52. The van der Waals surface area contributed by atoms with Gasteiger partial charge in [0, 0.05) is 18.8 Å². The van der Waals surface area contributed by atoms with E-state index in [0.717, 1.165) is 0 Å². The minimum Gasteiger partial charge on any atom is -0.387 e. The van der Waals surface area contributed by atoms with Crippen molar-refractivity contribution in [2.75, 3.05) is 31.6 Å². The maximum atomic E-state index is 11.7. The lowest BCUT2D eigenvalue weighted by molar-refractivity contribution is -0.127. The zero-order valence-corrected chi connectivity index (χ0v) is 10.9. The van der Waals surface area contributed by atoms with E-state index in [-0.39, 0.29) is 31.4 Å². The molecule has 0 aromatic heterocycles. The highest BCUT2D eigenvalue weighted by Crippen LogP contribution is 2.08. The van der Waals surface area contributed by atoms with Gasteiger partial charge >= 0.3 is 0 Å². The van der Waals surface area contributed by atoms with Crippen LogP contribution in [0.15, 0.2) is 0 Å². The highest BCUT2D eigenvalue weighted by Gasteiger charge is 2.26. The molecule has 17 heavy (non-hydrogen) atoms. The number of rotatable bonds is 5. The molecule has 0 aliphatic carbocycles. The van der Waals surface area contributed by atoms with Crippen LogP contribution in [0.4, 0.5) is 0 Å². The third-order valence-corrected chi connectivity index (χ3v) is 3.34. The molecule has 1 aliphatic rings. The summed E-state index contributed by atoms with van der Waals surface area (Å²) in [6.07, 6.45) is 1.90. The molecule has 2 amide bonds. The van der Waals surface area contributed by atoms with Crippen LogP contribution in [0, 0.1) is 0 Å². The molecule has 1 saturated heterocycles. The monoisotopic (exact) mass is 261 g/mol. The van der Waals surface area contributed by atoms with E-state index in [0.29, 0.717) is 5.75 Å². The highest BCUT2D eigenvalue weighted by atomic mass is 32.2. The summed E-state index contributed by atoms with van der Waals surface area (Å²) in [4.78, 5) is 22.6. The average molecular weight is 261 g/mol. The maximum absolute atomic E-state index is 11.7. The van der Waals surface area contributed by atoms with Crippen LogP contribution in [-0.2, 0) is 9.59 Å². The van der Waals surface area contributed by atoms with E-state index in [9.17, 15) is 14.7 Å². The zero-order chi connectivity index (χ0) is 12.9. The van der Waals surface area contributed by atoms with E-state index >= 15 is 0 Å². The average Bonchev–Trinajstić information content (AvgIpc) is 2.27. The number of nitrogens with one attached hydrogen (secondary N) is 3. The number of piperazine rings is 1. The van der Waals surface area contributed by atoms with Crippen molar-refractivity contribution in [1.29, 1.82) is 0 Å². The van der Waals surface area contributed by atoms with Crippen molar-refractivity contribution in [2.24, 2.45) is 0 Å². The largest absolute Gasteiger partial charge is 0.387 e. The lowest BCUT2D eigenvalue weighted by Crippen LogP contribution is -2.59. The standard InChI is InChI=1S/C10H19N3O3S/c1-10(16,6-17-2)5-13-9(15)7-3-12-8(14)4-11-7/h7,11,16H,3-6H2,1-2H3,(H,12,14)(H,13,15). The number of thioether (sulfide) groups is 1. The molecule has 1 fully saturated rings. The predicted octanol–water partition coefficient (Wildman–Crippen LogP) is -1.70. The van der Waals surface area contributed by atoms with Crippen molar-refractivity contribution in [1.82, 2.24) is 16.0 Å². The molecule has 7 heteroatoms. The van der Waals surface area contributed by atoms with Gasteiger partial charge in [-0.3, -0.25) is 14.9 Å². The third-order valence-electron chi connectivity index (χ3n) is 2.43. The van der Waals surface area contributed by atoms with Gasteiger partial charge < -0.3 is 15.7 Å². The van der Waals surface area contributed by atoms with Gasteiger partial charge in [-0.25, -0.2) is 0 Å². The van der Waals surface area contributed by atoms with Crippen LogP contribution in [0.3, 0.4) is 0 Å². The topological polar surface area (TPSA) is 90.5 Å². The van der Waals surface area contributed by atoms with Gasteiger partial charge in [-0.05, 0) is 13.2 Å². The summed E-state index contributed by atoms with van der Waals surface area (Å²) in [7, 11) is 0. The van der Waals surface area contributed by atoms with Crippen LogP contribution in [0.1, 0.15) is 6.92 Å². The molecule has 4 N–H and O–H groups in total. The van der Waals surface area contributed by atoms with Gasteiger partial charge in [-0.1, -0.05) is 0 Å². The SMILES string of the molecule is CSCC(C)(O)CNC(=O)C1CNC(=O)CN1. The molecular weight excluding hydrogens is 242 g/mol. The van der Waals surface area contributed by atoms with Crippen molar-refractivity contribution in [2.45, 2.75) is 18.6 Å². The number of amides is 2. The van der Waals surface area contributed by atoms with Crippen LogP contribution in [0.25, 0.3) is 0 Å². The first-order valence-electron chi connectivity index (χ1n) is 5.44. The van der Waals surface area contributed by atoms with Crippen LogP contribution in [-0.4, -0.2) is 60.2 Å². The van der Waals surface area contributed by atoms with Crippen molar-refractivity contribution < 1.29 is 14.7 Å². The number of aliphatic hydroxyl groups is 1. The van der Waals surface area contributed by atoms with Crippen LogP contribution >= 0.6 is 11.8 Å². The first-order valence-corrected chi connectivity index (χ1v) is 6.83. The molecule has 0 saturated carbocycles. The highest BCUT2D eigenvalue weighted by molar-refractivity contribution is 7.98. The fourth-order valence-electron chi connectivity index (χ4n) is 1.51. The Labute approximate surface area is 105 Å². The van der Waals surface area contributed by atoms with Gasteiger partial charge in [-0.2, -0.15) is 11.8 Å². The second-order valence-electron chi connectivity index (χ2n) is 4.39. The summed E-state index contributed by atoms with van der Waals surface area (Å²) < 4.78 is 0. The Hall–Kier alpha value is -0.790. The van der Waals surface area contributed by atoms with Gasteiger partial charge in [0.15, 0.2) is 0 Å². The molecule has 1 rings (SSSR count). The third kappa shape index (κ3) is 4.93. The fourth-order valence-corrected chi connectivity index (χ4v) is 2.24. The predicted molar refractivity (Wildman–Crippen MR) is 66.8 cm³/mol. The minimum atomic E-state index is -0.910. The summed E-state index contributed by atoms with van der Waals surface area (Å²) in [6, 6.07) is -0.419. The first-order chi connectivity index (χ1) is 7.94. The van der Waals surface area contributed by atoms with Gasteiger partial charge in [0.2, 0.25) is 11.8 Å². The Morgan fingerprint density at radius 3 is 2.94 bits per heavy atom. The molecule has 0 radical (unpaired) electrons. The molecule has 0 aromatic rings. The van der Waals surface area contributed by atoms with Gasteiger partial charge in [0.05, 0.1) is 12.1 Å². The molecule has 2 unspecified atom stereocenters. The van der Waals surface area contributed by atoms with Crippen molar-refractivity contribution >= 4 is 23.6 Å². The van der Waals surface area contributed by atoms with Crippen LogP contribution in [0.2, 0.25) is 0 Å². The normalized spacial score (nSPS) is 23.7. The lowest BCUT2D eigenvalue weighted by Gasteiger charge is -2.26.